The van der Waals surface area contributed by atoms with Gasteiger partial charge in [0.2, 0.25) is 0 Å². The molecule has 0 saturated heterocycles. The number of para-hydroxylation sites is 2. The van der Waals surface area contributed by atoms with E-state index in [0.29, 0.717) is 12.1 Å². The van der Waals surface area contributed by atoms with E-state index in [1.807, 2.05) is 24.3 Å². The van der Waals surface area contributed by atoms with Crippen molar-refractivity contribution in [1.82, 2.24) is 14.8 Å². The Labute approximate surface area is 120 Å². The Morgan fingerprint density at radius 2 is 2.05 bits per heavy atom. The third kappa shape index (κ3) is 3.00. The van der Waals surface area contributed by atoms with Crippen LogP contribution in [0, 0.1) is 5.82 Å². The quantitative estimate of drug-likeness (QED) is 0.773. The first kappa shape index (κ1) is 13.1. The fourth-order valence-corrected chi connectivity index (χ4v) is 2.09. The lowest BCUT2D eigenvalue weighted by atomic mass is 10.2. The topological polar surface area (TPSA) is 63.0 Å². The maximum absolute atomic E-state index is 13.2. The molecule has 0 atom stereocenters. The number of phenols is 1. The van der Waals surface area contributed by atoms with Crippen molar-refractivity contribution < 1.29 is 9.50 Å². The maximum atomic E-state index is 13.2. The summed E-state index contributed by atoms with van der Waals surface area (Å²) in [5.74, 6) is -0.548. The molecule has 3 rings (SSSR count). The van der Waals surface area contributed by atoms with Gasteiger partial charge in [-0.2, -0.15) is 5.10 Å². The summed E-state index contributed by atoms with van der Waals surface area (Å²) in [4.78, 5) is 3.92. The molecule has 0 aliphatic heterocycles. The van der Waals surface area contributed by atoms with Crippen molar-refractivity contribution in [2.24, 2.45) is 0 Å². The van der Waals surface area contributed by atoms with Gasteiger partial charge in [0.05, 0.1) is 11.4 Å². The molecule has 0 fully saturated rings. The summed E-state index contributed by atoms with van der Waals surface area (Å²) in [6.45, 7) is 0.386. The van der Waals surface area contributed by atoms with Gasteiger partial charge >= 0.3 is 0 Å². The largest absolute Gasteiger partial charge is 0.508 e. The molecule has 0 aliphatic rings. The van der Waals surface area contributed by atoms with Crippen LogP contribution in [0.3, 0.4) is 0 Å². The average molecular weight is 284 g/mol. The predicted molar refractivity (Wildman–Crippen MR) is 76.8 cm³/mol. The summed E-state index contributed by atoms with van der Waals surface area (Å²) in [5.41, 5.74) is 2.34. The smallest absolute Gasteiger partial charge is 0.138 e. The number of nitrogens with zero attached hydrogens (tertiary/aromatic N) is 3. The molecular weight excluding hydrogens is 271 g/mol. The minimum Gasteiger partial charge on any atom is -0.508 e. The van der Waals surface area contributed by atoms with E-state index in [9.17, 15) is 9.50 Å². The first-order chi connectivity index (χ1) is 10.2. The Morgan fingerprint density at radius 3 is 2.81 bits per heavy atom. The number of hydrogen-bond donors (Lipinski definition) is 2. The highest BCUT2D eigenvalue weighted by molar-refractivity contribution is 5.60. The van der Waals surface area contributed by atoms with Crippen molar-refractivity contribution in [3.05, 3.63) is 66.5 Å². The number of aromatic hydroxyl groups is 1. The molecule has 106 valence electrons. The molecule has 0 spiro atoms. The van der Waals surface area contributed by atoms with Gasteiger partial charge in [-0.15, -0.1) is 0 Å². The number of phenolic OH excluding ortho intramolecular Hbond substituents is 1. The molecule has 6 heteroatoms. The summed E-state index contributed by atoms with van der Waals surface area (Å²) >= 11 is 0. The maximum Gasteiger partial charge on any atom is 0.138 e. The number of anilines is 1. The molecule has 0 aliphatic carbocycles. The van der Waals surface area contributed by atoms with Crippen LogP contribution >= 0.6 is 0 Å². The fourth-order valence-electron chi connectivity index (χ4n) is 2.09. The lowest BCUT2D eigenvalue weighted by molar-refractivity contribution is 0.468. The third-order valence-corrected chi connectivity index (χ3v) is 2.99. The molecule has 5 nitrogen and oxygen atoms in total. The van der Waals surface area contributed by atoms with Crippen LogP contribution in [-0.2, 0) is 6.54 Å². The van der Waals surface area contributed by atoms with Crippen molar-refractivity contribution >= 4 is 5.69 Å². The minimum atomic E-state index is -0.462. The van der Waals surface area contributed by atoms with E-state index in [1.54, 1.807) is 11.0 Å². The number of rotatable bonds is 4. The number of hydrogen-bond acceptors (Lipinski definition) is 4. The predicted octanol–water partition coefficient (Wildman–Crippen LogP) is 2.72. The highest BCUT2D eigenvalue weighted by Gasteiger charge is 2.05. The number of halogens is 1. The van der Waals surface area contributed by atoms with E-state index in [-0.39, 0.29) is 5.75 Å². The lowest BCUT2D eigenvalue weighted by Crippen LogP contribution is -2.05. The van der Waals surface area contributed by atoms with E-state index in [4.69, 9.17) is 0 Å². The van der Waals surface area contributed by atoms with Gasteiger partial charge in [-0.05, 0) is 29.8 Å². The zero-order chi connectivity index (χ0) is 14.7. The first-order valence-corrected chi connectivity index (χ1v) is 6.39. The Morgan fingerprint density at radius 1 is 1.19 bits per heavy atom. The second-order valence-corrected chi connectivity index (χ2v) is 4.53. The standard InChI is InChI=1S/C15H13FN4O/c16-12-5-11(6-13(21)7-12)8-18-14-3-1-2-4-15(14)20-10-17-9-19-20/h1-7,9-10,18,21H,8H2. The third-order valence-electron chi connectivity index (χ3n) is 2.99. The zero-order valence-corrected chi connectivity index (χ0v) is 11.1. The van der Waals surface area contributed by atoms with Gasteiger partial charge in [-0.1, -0.05) is 12.1 Å². The molecule has 3 aromatic rings. The van der Waals surface area contributed by atoms with E-state index >= 15 is 0 Å². The van der Waals surface area contributed by atoms with E-state index in [1.165, 1.54) is 18.5 Å². The normalized spacial score (nSPS) is 10.5. The Hall–Kier alpha value is -2.89. The van der Waals surface area contributed by atoms with Gasteiger partial charge in [0.15, 0.2) is 0 Å². The Kier molecular flexibility index (Phi) is 3.51. The summed E-state index contributed by atoms with van der Waals surface area (Å²) in [6.07, 6.45) is 3.07. The molecule has 0 amide bonds. The van der Waals surface area contributed by atoms with Crippen LogP contribution < -0.4 is 5.32 Å². The van der Waals surface area contributed by atoms with Crippen LogP contribution in [0.5, 0.6) is 5.75 Å². The molecule has 21 heavy (non-hydrogen) atoms. The van der Waals surface area contributed by atoms with Gasteiger partial charge in [0.1, 0.15) is 24.2 Å². The Balaban J connectivity index is 1.82. The molecule has 0 radical (unpaired) electrons. The van der Waals surface area contributed by atoms with Crippen molar-refractivity contribution in [3.8, 4) is 11.4 Å². The summed E-state index contributed by atoms with van der Waals surface area (Å²) in [6, 6.07) is 11.6. The van der Waals surface area contributed by atoms with Crippen molar-refractivity contribution in [2.45, 2.75) is 6.54 Å². The van der Waals surface area contributed by atoms with Crippen LogP contribution in [0.15, 0.2) is 55.1 Å². The summed E-state index contributed by atoms with van der Waals surface area (Å²) in [5, 5.41) is 16.7. The lowest BCUT2D eigenvalue weighted by Gasteiger charge is -2.12. The van der Waals surface area contributed by atoms with Gasteiger partial charge in [0.25, 0.3) is 0 Å². The molecule has 1 heterocycles. The SMILES string of the molecule is Oc1cc(F)cc(CNc2ccccc2-n2cncn2)c1. The highest BCUT2D eigenvalue weighted by Crippen LogP contribution is 2.21. The van der Waals surface area contributed by atoms with E-state index < -0.39 is 5.82 Å². The number of nitrogens with one attached hydrogen (secondary N) is 1. The molecule has 1 aromatic heterocycles. The first-order valence-electron chi connectivity index (χ1n) is 6.39. The van der Waals surface area contributed by atoms with Crippen molar-refractivity contribution in [1.29, 1.82) is 0 Å². The van der Waals surface area contributed by atoms with Crippen LogP contribution in [0.25, 0.3) is 5.69 Å². The number of benzene rings is 2. The fraction of sp³-hybridized carbons (Fsp3) is 0.0667. The van der Waals surface area contributed by atoms with Crippen LogP contribution in [0.2, 0.25) is 0 Å². The summed E-state index contributed by atoms with van der Waals surface area (Å²) in [7, 11) is 0. The highest BCUT2D eigenvalue weighted by atomic mass is 19.1. The van der Waals surface area contributed by atoms with Crippen LogP contribution in [0.4, 0.5) is 10.1 Å². The molecule has 0 saturated carbocycles. The Bertz CT molecular complexity index is 723. The number of aromatic nitrogens is 3. The molecular formula is C15H13FN4O. The van der Waals surface area contributed by atoms with Crippen LogP contribution in [0.1, 0.15) is 5.56 Å². The van der Waals surface area contributed by atoms with Gasteiger partial charge < -0.3 is 10.4 Å². The monoisotopic (exact) mass is 284 g/mol. The van der Waals surface area contributed by atoms with Crippen LogP contribution in [-0.4, -0.2) is 19.9 Å². The van der Waals surface area contributed by atoms with Gasteiger partial charge in [-0.3, -0.25) is 0 Å². The second-order valence-electron chi connectivity index (χ2n) is 4.53. The van der Waals surface area contributed by atoms with Crippen molar-refractivity contribution in [2.75, 3.05) is 5.32 Å². The average Bonchev–Trinajstić information content (AvgIpc) is 2.98. The van der Waals surface area contributed by atoms with Crippen molar-refractivity contribution in [3.63, 3.8) is 0 Å². The second kappa shape index (κ2) is 5.62. The minimum absolute atomic E-state index is 0.0867. The summed E-state index contributed by atoms with van der Waals surface area (Å²) < 4.78 is 14.9. The molecule has 2 N–H and O–H groups in total. The molecule has 0 unspecified atom stereocenters. The zero-order valence-electron chi connectivity index (χ0n) is 11.1. The molecule has 0 bridgehead atoms. The van der Waals surface area contributed by atoms with E-state index in [0.717, 1.165) is 17.4 Å². The molecule has 2 aromatic carbocycles. The van der Waals surface area contributed by atoms with E-state index in [2.05, 4.69) is 15.4 Å². The van der Waals surface area contributed by atoms with Gasteiger partial charge in [0, 0.05) is 12.6 Å². The van der Waals surface area contributed by atoms with Gasteiger partial charge in [-0.25, -0.2) is 14.1 Å².